The van der Waals surface area contributed by atoms with Gasteiger partial charge in [0.25, 0.3) is 0 Å². The van der Waals surface area contributed by atoms with Gasteiger partial charge in [-0.15, -0.1) is 6.42 Å². The van der Waals surface area contributed by atoms with Gasteiger partial charge in [0.15, 0.2) is 17.1 Å². The topological polar surface area (TPSA) is 173 Å². The Hall–Kier alpha value is -3.24. The first-order valence-corrected chi connectivity index (χ1v) is 13.8. The minimum atomic E-state index is -4.27. The van der Waals surface area contributed by atoms with Crippen molar-refractivity contribution in [3.05, 3.63) is 41.9 Å². The van der Waals surface area contributed by atoms with Gasteiger partial charge < -0.3 is 24.8 Å². The van der Waals surface area contributed by atoms with Crippen molar-refractivity contribution in [3.8, 4) is 18.1 Å². The van der Waals surface area contributed by atoms with Crippen LogP contribution in [0.25, 0.3) is 11.2 Å². The number of para-hydroxylation sites is 1. The molecule has 4 N–H and O–H groups in total. The number of terminal acetylenes is 1. The maximum Gasteiger partial charge on any atom is 0.459 e. The summed E-state index contributed by atoms with van der Waals surface area (Å²) in [5.41, 5.74) is 4.70. The van der Waals surface area contributed by atoms with E-state index in [1.807, 2.05) is 0 Å². The first-order valence-electron chi connectivity index (χ1n) is 11.9. The molecule has 1 aromatic carbocycles. The number of rotatable bonds is 10. The number of nitrogens with one attached hydrogen (secondary N) is 1. The van der Waals surface area contributed by atoms with E-state index in [-0.39, 0.29) is 28.9 Å². The maximum atomic E-state index is 13.8. The fourth-order valence-electron chi connectivity index (χ4n) is 3.86. The molecular weight excluding hydrogens is 551 g/mol. The summed E-state index contributed by atoms with van der Waals surface area (Å²) in [6, 6.07) is 7.14. The zero-order valence-corrected chi connectivity index (χ0v) is 23.0. The van der Waals surface area contributed by atoms with Crippen LogP contribution in [-0.4, -0.2) is 61.1 Å². The molecule has 1 aliphatic rings. The summed E-state index contributed by atoms with van der Waals surface area (Å²) in [4.78, 5) is 24.6. The van der Waals surface area contributed by atoms with Gasteiger partial charge in [0.2, 0.25) is 5.28 Å². The summed E-state index contributed by atoms with van der Waals surface area (Å²) in [7, 11) is -4.27. The summed E-state index contributed by atoms with van der Waals surface area (Å²) in [5, 5.41) is 13.4. The highest BCUT2D eigenvalue weighted by atomic mass is 35.5. The number of nitrogens with two attached hydrogens (primary N) is 1. The van der Waals surface area contributed by atoms with Crippen molar-refractivity contribution in [2.45, 2.75) is 57.3 Å². The number of aromatic nitrogens is 4. The van der Waals surface area contributed by atoms with Crippen LogP contribution >= 0.6 is 19.3 Å². The van der Waals surface area contributed by atoms with E-state index in [1.165, 1.54) is 17.8 Å². The van der Waals surface area contributed by atoms with Crippen molar-refractivity contribution >= 4 is 42.3 Å². The highest BCUT2D eigenvalue weighted by molar-refractivity contribution is 7.52. The van der Waals surface area contributed by atoms with Gasteiger partial charge in [-0.2, -0.15) is 15.1 Å². The third-order valence-electron chi connectivity index (χ3n) is 5.76. The number of anilines is 1. The molecule has 3 aromatic rings. The zero-order chi connectivity index (χ0) is 28.4. The number of nitrogen functional groups attached to an aromatic ring is 1. The lowest BCUT2D eigenvalue weighted by molar-refractivity contribution is -0.149. The minimum Gasteiger partial charge on any atom is -0.462 e. The smallest absolute Gasteiger partial charge is 0.459 e. The van der Waals surface area contributed by atoms with Crippen LogP contribution in [0.15, 0.2) is 36.7 Å². The van der Waals surface area contributed by atoms with Crippen LogP contribution in [0.4, 0.5) is 5.82 Å². The largest absolute Gasteiger partial charge is 0.462 e. The Labute approximate surface area is 229 Å². The average Bonchev–Trinajstić information content (AvgIpc) is 3.44. The second kappa shape index (κ2) is 11.5. The third-order valence-corrected chi connectivity index (χ3v) is 7.55. The summed E-state index contributed by atoms with van der Waals surface area (Å²) in [5.74, 6) is 2.03. The Bertz CT molecular complexity index is 1430. The molecule has 1 aliphatic heterocycles. The van der Waals surface area contributed by atoms with Gasteiger partial charge in [0, 0.05) is 6.42 Å². The molecule has 0 bridgehead atoms. The maximum absolute atomic E-state index is 13.8. The van der Waals surface area contributed by atoms with Gasteiger partial charge in [-0.25, -0.2) is 9.55 Å². The van der Waals surface area contributed by atoms with E-state index in [0.29, 0.717) is 5.52 Å². The van der Waals surface area contributed by atoms with E-state index in [9.17, 15) is 14.5 Å². The number of carbonyl (C=O) groups is 1. The fraction of sp³-hybridized carbons (Fsp3) is 0.417. The number of esters is 1. The average molecular weight is 579 g/mol. The van der Waals surface area contributed by atoms with Crippen LogP contribution < -0.4 is 15.3 Å². The molecule has 0 saturated carbocycles. The monoisotopic (exact) mass is 578 g/mol. The molecule has 0 radical (unpaired) electrons. The highest BCUT2D eigenvalue weighted by Gasteiger charge is 2.50. The highest BCUT2D eigenvalue weighted by Crippen LogP contribution is 2.48. The summed E-state index contributed by atoms with van der Waals surface area (Å²) in [6.45, 7) is 4.26. The quantitative estimate of drug-likeness (QED) is 0.139. The van der Waals surface area contributed by atoms with Gasteiger partial charge in [-0.1, -0.05) is 24.1 Å². The number of carbonyl (C=O) groups excluding carboxylic acids is 1. The molecule has 13 nitrogen and oxygen atoms in total. The molecular formula is C24H28ClN6O7P. The van der Waals surface area contributed by atoms with Crippen molar-refractivity contribution < 1.29 is 33.0 Å². The summed E-state index contributed by atoms with van der Waals surface area (Å²) in [6.07, 6.45) is 4.71. The van der Waals surface area contributed by atoms with Crippen LogP contribution in [0.3, 0.4) is 0 Å². The Morgan fingerprint density at radius 3 is 2.77 bits per heavy atom. The van der Waals surface area contributed by atoms with E-state index in [0.717, 1.165) is 0 Å². The second-order valence-corrected chi connectivity index (χ2v) is 11.1. The standard InChI is InChI=1S/C24H28ClN6O7P/c1-5-24(17(32)11-18(37-24)31-13-27-19-20(26)28-23(25)29-21(19)31)12-35-39(34,38-16-9-7-6-8-10-16)30-15(4)22(33)36-14(2)3/h1,6-10,13-15,17-18,32H,11-12H2,2-4H3,(H,30,34)(H2,26,28,29)/t15-,17-,18+,24+,39?/m0/s1. The third kappa shape index (κ3) is 6.33. The summed E-state index contributed by atoms with van der Waals surface area (Å²) >= 11 is 5.96. The van der Waals surface area contributed by atoms with E-state index in [2.05, 4.69) is 26.0 Å². The van der Waals surface area contributed by atoms with E-state index in [1.54, 1.807) is 44.2 Å². The number of nitrogens with zero attached hydrogens (tertiary/aromatic N) is 4. The minimum absolute atomic E-state index is 0.00887. The molecule has 0 amide bonds. The Balaban J connectivity index is 1.57. The molecule has 3 heterocycles. The SMILES string of the molecule is C#C[C@]1(COP(=O)(N[C@@H](C)C(=O)OC(C)C)Oc2ccccc2)O[C@@H](n2cnc3c(N)nc(Cl)nc32)C[C@@H]1O. The molecule has 1 unspecified atom stereocenters. The number of benzene rings is 1. The van der Waals surface area contributed by atoms with E-state index < -0.39 is 50.4 Å². The van der Waals surface area contributed by atoms with Crippen LogP contribution in [0.1, 0.15) is 33.4 Å². The summed E-state index contributed by atoms with van der Waals surface area (Å²) < 4.78 is 37.9. The molecule has 1 fully saturated rings. The first-order chi connectivity index (χ1) is 18.4. The van der Waals surface area contributed by atoms with Gasteiger partial charge in [-0.05, 0) is 44.5 Å². The van der Waals surface area contributed by atoms with Crippen LogP contribution in [0, 0.1) is 12.3 Å². The molecule has 5 atom stereocenters. The van der Waals surface area contributed by atoms with Gasteiger partial charge in [-0.3, -0.25) is 13.9 Å². The number of halogens is 1. The Morgan fingerprint density at radius 2 is 2.10 bits per heavy atom. The number of hydrogen-bond donors (Lipinski definition) is 3. The first kappa shape index (κ1) is 28.8. The molecule has 4 rings (SSSR count). The van der Waals surface area contributed by atoms with Crippen molar-refractivity contribution in [3.63, 3.8) is 0 Å². The van der Waals surface area contributed by atoms with Crippen molar-refractivity contribution in [2.75, 3.05) is 12.3 Å². The van der Waals surface area contributed by atoms with Crippen LogP contribution in [0.2, 0.25) is 5.28 Å². The van der Waals surface area contributed by atoms with Gasteiger partial charge in [0.05, 0.1) is 12.4 Å². The van der Waals surface area contributed by atoms with Gasteiger partial charge in [0.1, 0.15) is 36.2 Å². The lowest BCUT2D eigenvalue weighted by atomic mass is 9.99. The second-order valence-electron chi connectivity index (χ2n) is 9.07. The number of hydrogen-bond acceptors (Lipinski definition) is 11. The van der Waals surface area contributed by atoms with E-state index in [4.69, 9.17) is 42.3 Å². The fourth-order valence-corrected chi connectivity index (χ4v) is 5.55. The molecule has 15 heteroatoms. The van der Waals surface area contributed by atoms with Crippen molar-refractivity contribution in [1.82, 2.24) is 24.6 Å². The predicted molar refractivity (Wildman–Crippen MR) is 142 cm³/mol. The number of ether oxygens (including phenoxy) is 2. The molecule has 208 valence electrons. The Kier molecular flexibility index (Phi) is 8.46. The number of aliphatic hydroxyl groups is 1. The predicted octanol–water partition coefficient (Wildman–Crippen LogP) is 2.85. The van der Waals surface area contributed by atoms with Gasteiger partial charge >= 0.3 is 13.7 Å². The zero-order valence-electron chi connectivity index (χ0n) is 21.4. The molecule has 2 aromatic heterocycles. The molecule has 0 aliphatic carbocycles. The molecule has 0 spiro atoms. The van der Waals surface area contributed by atoms with Crippen LogP contribution in [0.5, 0.6) is 5.75 Å². The molecule has 1 saturated heterocycles. The lowest BCUT2D eigenvalue weighted by Crippen LogP contribution is -2.44. The Morgan fingerprint density at radius 1 is 1.38 bits per heavy atom. The molecule has 39 heavy (non-hydrogen) atoms. The normalized spacial score (nSPS) is 23.3. The van der Waals surface area contributed by atoms with Crippen molar-refractivity contribution in [2.24, 2.45) is 0 Å². The lowest BCUT2D eigenvalue weighted by Gasteiger charge is -2.29. The number of imidazole rings is 1. The number of aliphatic hydroxyl groups excluding tert-OH is 1. The van der Waals surface area contributed by atoms with Crippen molar-refractivity contribution in [1.29, 1.82) is 0 Å². The number of fused-ring (bicyclic) bond motifs is 1. The van der Waals surface area contributed by atoms with Crippen LogP contribution in [-0.2, 0) is 23.4 Å². The van der Waals surface area contributed by atoms with E-state index >= 15 is 0 Å².